The lowest BCUT2D eigenvalue weighted by Crippen LogP contribution is -2.53. The largest absolute Gasteiger partial charge is 0.315 e. The molecule has 0 aromatic heterocycles. The molecule has 1 N–H and O–H groups in total. The quantitative estimate of drug-likeness (QED) is 0.716. The molecule has 0 spiro atoms. The molecule has 1 unspecified atom stereocenters. The van der Waals surface area contributed by atoms with E-state index in [9.17, 15) is 0 Å². The van der Waals surface area contributed by atoms with Crippen LogP contribution >= 0.6 is 0 Å². The minimum absolute atomic E-state index is 0.746. The van der Waals surface area contributed by atoms with E-state index < -0.39 is 0 Å². The Hall–Kier alpha value is -0.120. The highest BCUT2D eigenvalue weighted by Gasteiger charge is 2.23. The Bertz CT molecular complexity index is 198. The molecule has 1 atom stereocenters. The van der Waals surface area contributed by atoms with Gasteiger partial charge in [0.2, 0.25) is 0 Å². The SMILES string of the molecule is CCCC(CNCC)N1CCN(CC(C)C)CC1. The summed E-state index contributed by atoms with van der Waals surface area (Å²) >= 11 is 0. The Labute approximate surface area is 114 Å². The molecule has 0 radical (unpaired) electrons. The Morgan fingerprint density at radius 1 is 1.06 bits per heavy atom. The maximum Gasteiger partial charge on any atom is 0.0221 e. The van der Waals surface area contributed by atoms with Gasteiger partial charge in [-0.3, -0.25) is 4.90 Å². The van der Waals surface area contributed by atoms with Gasteiger partial charge in [0.15, 0.2) is 0 Å². The van der Waals surface area contributed by atoms with Crippen molar-refractivity contribution in [3.63, 3.8) is 0 Å². The Morgan fingerprint density at radius 2 is 1.72 bits per heavy atom. The van der Waals surface area contributed by atoms with E-state index in [0.29, 0.717) is 0 Å². The van der Waals surface area contributed by atoms with Gasteiger partial charge in [-0.1, -0.05) is 34.1 Å². The number of rotatable bonds is 8. The lowest BCUT2D eigenvalue weighted by atomic mass is 10.1. The van der Waals surface area contributed by atoms with Crippen LogP contribution in [0.2, 0.25) is 0 Å². The second-order valence-corrected chi connectivity index (χ2v) is 5.98. The van der Waals surface area contributed by atoms with Crippen LogP contribution in [0.1, 0.15) is 40.5 Å². The van der Waals surface area contributed by atoms with Gasteiger partial charge in [-0.15, -0.1) is 0 Å². The molecule has 0 amide bonds. The zero-order chi connectivity index (χ0) is 13.4. The summed E-state index contributed by atoms with van der Waals surface area (Å²) in [6.45, 7) is 17.7. The number of likely N-dealkylation sites (N-methyl/N-ethyl adjacent to an activating group) is 1. The average Bonchev–Trinajstić information content (AvgIpc) is 2.35. The highest BCUT2D eigenvalue weighted by Crippen LogP contribution is 2.11. The van der Waals surface area contributed by atoms with Crippen molar-refractivity contribution in [3.05, 3.63) is 0 Å². The van der Waals surface area contributed by atoms with Gasteiger partial charge in [-0.25, -0.2) is 0 Å². The molecular weight excluding hydrogens is 222 g/mol. The van der Waals surface area contributed by atoms with E-state index in [2.05, 4.69) is 42.8 Å². The van der Waals surface area contributed by atoms with Crippen LogP contribution in [-0.2, 0) is 0 Å². The molecule has 0 aromatic carbocycles. The first kappa shape index (κ1) is 15.9. The molecule has 1 aliphatic heterocycles. The van der Waals surface area contributed by atoms with Crippen LogP contribution in [0, 0.1) is 5.92 Å². The number of piperazine rings is 1. The number of hydrogen-bond acceptors (Lipinski definition) is 3. The maximum atomic E-state index is 3.52. The summed E-state index contributed by atoms with van der Waals surface area (Å²) in [6, 6.07) is 0.746. The maximum absolute atomic E-state index is 3.52. The topological polar surface area (TPSA) is 18.5 Å². The van der Waals surface area contributed by atoms with Gasteiger partial charge < -0.3 is 10.2 Å². The third-order valence-corrected chi connectivity index (χ3v) is 3.80. The molecule has 3 nitrogen and oxygen atoms in total. The molecule has 3 heteroatoms. The van der Waals surface area contributed by atoms with Crippen molar-refractivity contribution in [1.82, 2.24) is 15.1 Å². The van der Waals surface area contributed by atoms with Crippen molar-refractivity contribution in [2.45, 2.75) is 46.6 Å². The van der Waals surface area contributed by atoms with Crippen LogP contribution in [0.3, 0.4) is 0 Å². The predicted molar refractivity (Wildman–Crippen MR) is 80.1 cm³/mol. The van der Waals surface area contributed by atoms with Crippen LogP contribution in [0.25, 0.3) is 0 Å². The van der Waals surface area contributed by atoms with Gasteiger partial charge in [0.25, 0.3) is 0 Å². The van der Waals surface area contributed by atoms with Crippen molar-refractivity contribution in [1.29, 1.82) is 0 Å². The van der Waals surface area contributed by atoms with Gasteiger partial charge in [0.1, 0.15) is 0 Å². The first-order valence-electron chi connectivity index (χ1n) is 7.84. The Kier molecular flexibility index (Phi) is 7.87. The average molecular weight is 255 g/mol. The van der Waals surface area contributed by atoms with Gasteiger partial charge in [-0.05, 0) is 18.9 Å². The van der Waals surface area contributed by atoms with Crippen LogP contribution in [0.5, 0.6) is 0 Å². The molecule has 0 aliphatic carbocycles. The summed E-state index contributed by atoms with van der Waals surface area (Å²) in [5.41, 5.74) is 0. The summed E-state index contributed by atoms with van der Waals surface area (Å²) in [4.78, 5) is 5.32. The van der Waals surface area contributed by atoms with Crippen LogP contribution in [0.4, 0.5) is 0 Å². The number of nitrogens with one attached hydrogen (secondary N) is 1. The minimum atomic E-state index is 0.746. The molecule has 1 heterocycles. The second kappa shape index (κ2) is 8.89. The van der Waals surface area contributed by atoms with E-state index in [-0.39, 0.29) is 0 Å². The summed E-state index contributed by atoms with van der Waals surface area (Å²) in [5, 5.41) is 3.52. The van der Waals surface area contributed by atoms with Crippen LogP contribution < -0.4 is 5.32 Å². The molecule has 0 saturated carbocycles. The predicted octanol–water partition coefficient (Wildman–Crippen LogP) is 2.04. The molecule has 1 fully saturated rings. The first-order chi connectivity index (χ1) is 8.67. The van der Waals surface area contributed by atoms with E-state index >= 15 is 0 Å². The summed E-state index contributed by atoms with van der Waals surface area (Å²) in [5.74, 6) is 0.796. The van der Waals surface area contributed by atoms with Gasteiger partial charge in [0.05, 0.1) is 0 Å². The minimum Gasteiger partial charge on any atom is -0.315 e. The molecule has 1 aliphatic rings. The van der Waals surface area contributed by atoms with Gasteiger partial charge >= 0.3 is 0 Å². The standard InChI is InChI=1S/C15H33N3/c1-5-7-15(12-16-6-2)18-10-8-17(9-11-18)13-14(3)4/h14-16H,5-13H2,1-4H3. The molecule has 0 aromatic rings. The lowest BCUT2D eigenvalue weighted by Gasteiger charge is -2.40. The zero-order valence-electron chi connectivity index (χ0n) is 12.9. The fraction of sp³-hybridized carbons (Fsp3) is 1.00. The zero-order valence-corrected chi connectivity index (χ0v) is 12.9. The third-order valence-electron chi connectivity index (χ3n) is 3.80. The van der Waals surface area contributed by atoms with Crippen molar-refractivity contribution in [3.8, 4) is 0 Å². The molecule has 108 valence electrons. The smallest absolute Gasteiger partial charge is 0.0221 e. The van der Waals surface area contributed by atoms with E-state index in [1.54, 1.807) is 0 Å². The van der Waals surface area contributed by atoms with Crippen molar-refractivity contribution in [2.24, 2.45) is 5.92 Å². The second-order valence-electron chi connectivity index (χ2n) is 5.98. The lowest BCUT2D eigenvalue weighted by molar-refractivity contribution is 0.0847. The van der Waals surface area contributed by atoms with Crippen LogP contribution in [0.15, 0.2) is 0 Å². The highest BCUT2D eigenvalue weighted by molar-refractivity contribution is 4.80. The highest BCUT2D eigenvalue weighted by atomic mass is 15.3. The fourth-order valence-corrected chi connectivity index (χ4v) is 2.89. The van der Waals surface area contributed by atoms with E-state index in [1.807, 2.05) is 0 Å². The summed E-state index contributed by atoms with van der Waals surface area (Å²) in [6.07, 6.45) is 2.62. The van der Waals surface area contributed by atoms with E-state index in [4.69, 9.17) is 0 Å². The third kappa shape index (κ3) is 5.68. The molecule has 1 saturated heterocycles. The van der Waals surface area contributed by atoms with Gasteiger partial charge in [-0.2, -0.15) is 0 Å². The first-order valence-corrected chi connectivity index (χ1v) is 7.84. The fourth-order valence-electron chi connectivity index (χ4n) is 2.89. The normalized spacial score (nSPS) is 20.5. The number of hydrogen-bond donors (Lipinski definition) is 1. The monoisotopic (exact) mass is 255 g/mol. The van der Waals surface area contributed by atoms with Crippen molar-refractivity contribution < 1.29 is 0 Å². The van der Waals surface area contributed by atoms with Crippen molar-refractivity contribution >= 4 is 0 Å². The van der Waals surface area contributed by atoms with Gasteiger partial charge in [0, 0.05) is 45.3 Å². The molecule has 1 rings (SSSR count). The van der Waals surface area contributed by atoms with E-state index in [0.717, 1.165) is 25.0 Å². The van der Waals surface area contributed by atoms with E-state index in [1.165, 1.54) is 45.6 Å². The van der Waals surface area contributed by atoms with Crippen molar-refractivity contribution in [2.75, 3.05) is 45.8 Å². The number of nitrogens with zero attached hydrogens (tertiary/aromatic N) is 2. The molecule has 0 bridgehead atoms. The molecular formula is C15H33N3. The Balaban J connectivity index is 2.33. The molecule has 18 heavy (non-hydrogen) atoms. The van der Waals surface area contributed by atoms with Crippen LogP contribution in [-0.4, -0.2) is 61.7 Å². The summed E-state index contributed by atoms with van der Waals surface area (Å²) < 4.78 is 0. The summed E-state index contributed by atoms with van der Waals surface area (Å²) in [7, 11) is 0. The Morgan fingerprint density at radius 3 is 2.22 bits per heavy atom.